The minimum absolute atomic E-state index is 0.0513. The van der Waals surface area contributed by atoms with E-state index < -0.39 is 5.63 Å². The SMILES string of the molecule is O=C(c1cc2ccccc2oc1=O)N1CCC[C@H]1Cn1cc(-c2cccc(-c3ccccn3)n2)nn1. The van der Waals surface area contributed by atoms with Crippen LogP contribution in [0.4, 0.5) is 0 Å². The molecule has 36 heavy (non-hydrogen) atoms. The predicted octanol–water partition coefficient (Wildman–Crippen LogP) is 3.81. The van der Waals surface area contributed by atoms with Gasteiger partial charge in [-0.15, -0.1) is 5.10 Å². The molecule has 1 aromatic carbocycles. The van der Waals surface area contributed by atoms with Crippen molar-refractivity contribution < 1.29 is 9.21 Å². The van der Waals surface area contributed by atoms with Crippen molar-refractivity contribution in [2.45, 2.75) is 25.4 Å². The summed E-state index contributed by atoms with van der Waals surface area (Å²) in [7, 11) is 0. The first-order valence-corrected chi connectivity index (χ1v) is 11.8. The molecule has 1 aliphatic heterocycles. The molecule has 5 heterocycles. The number of carbonyl (C=O) groups is 1. The van der Waals surface area contributed by atoms with Gasteiger partial charge in [-0.25, -0.2) is 14.5 Å². The van der Waals surface area contributed by atoms with E-state index in [0.29, 0.717) is 30.1 Å². The molecule has 1 fully saturated rings. The molecule has 1 aliphatic rings. The van der Waals surface area contributed by atoms with Crippen LogP contribution in [0.1, 0.15) is 23.2 Å². The van der Waals surface area contributed by atoms with Gasteiger partial charge in [-0.2, -0.15) is 0 Å². The number of likely N-dealkylation sites (tertiary alicyclic amines) is 1. The van der Waals surface area contributed by atoms with E-state index in [1.54, 1.807) is 34.0 Å². The van der Waals surface area contributed by atoms with Gasteiger partial charge in [-0.3, -0.25) is 9.78 Å². The average Bonchev–Trinajstić information content (AvgIpc) is 3.59. The van der Waals surface area contributed by atoms with E-state index in [0.717, 1.165) is 29.6 Å². The zero-order chi connectivity index (χ0) is 24.5. The topological polar surface area (TPSA) is 107 Å². The van der Waals surface area contributed by atoms with Crippen LogP contribution in [-0.2, 0) is 6.54 Å². The van der Waals surface area contributed by atoms with E-state index in [2.05, 4.69) is 20.3 Å². The maximum atomic E-state index is 13.3. The molecular weight excluding hydrogens is 456 g/mol. The fraction of sp³-hybridized carbons (Fsp3) is 0.185. The highest BCUT2D eigenvalue weighted by molar-refractivity contribution is 5.97. The van der Waals surface area contributed by atoms with Gasteiger partial charge >= 0.3 is 5.63 Å². The summed E-state index contributed by atoms with van der Waals surface area (Å²) in [6.45, 7) is 1.04. The highest BCUT2D eigenvalue weighted by Gasteiger charge is 2.32. The lowest BCUT2D eigenvalue weighted by Crippen LogP contribution is -2.40. The van der Waals surface area contributed by atoms with E-state index in [4.69, 9.17) is 4.42 Å². The minimum Gasteiger partial charge on any atom is -0.422 e. The van der Waals surface area contributed by atoms with Gasteiger partial charge in [0.25, 0.3) is 5.91 Å². The Balaban J connectivity index is 1.22. The van der Waals surface area contributed by atoms with Crippen LogP contribution in [0.15, 0.2) is 88.3 Å². The van der Waals surface area contributed by atoms with Gasteiger partial charge in [0.05, 0.1) is 35.9 Å². The van der Waals surface area contributed by atoms with Gasteiger partial charge < -0.3 is 9.32 Å². The largest absolute Gasteiger partial charge is 0.422 e. The molecule has 6 rings (SSSR count). The zero-order valence-corrected chi connectivity index (χ0v) is 19.3. The van der Waals surface area contributed by atoms with Crippen molar-refractivity contribution in [3.05, 3.63) is 95.1 Å². The van der Waals surface area contributed by atoms with Crippen LogP contribution in [0, 0.1) is 0 Å². The molecule has 0 spiro atoms. The lowest BCUT2D eigenvalue weighted by atomic mass is 10.1. The molecule has 9 nitrogen and oxygen atoms in total. The summed E-state index contributed by atoms with van der Waals surface area (Å²) in [5, 5.41) is 9.30. The van der Waals surface area contributed by atoms with Crippen molar-refractivity contribution in [2.24, 2.45) is 0 Å². The molecule has 0 bridgehead atoms. The molecular formula is C27H22N6O3. The minimum atomic E-state index is -0.619. The summed E-state index contributed by atoms with van der Waals surface area (Å²) in [4.78, 5) is 36.6. The number of carbonyl (C=O) groups excluding carboxylic acids is 1. The maximum Gasteiger partial charge on any atom is 0.349 e. The summed E-state index contributed by atoms with van der Waals surface area (Å²) < 4.78 is 7.10. The monoisotopic (exact) mass is 478 g/mol. The smallest absolute Gasteiger partial charge is 0.349 e. The summed E-state index contributed by atoms with van der Waals surface area (Å²) in [5.74, 6) is -0.318. The van der Waals surface area contributed by atoms with E-state index in [1.165, 1.54) is 0 Å². The third kappa shape index (κ3) is 4.15. The molecule has 4 aromatic heterocycles. The normalized spacial score (nSPS) is 15.4. The number of fused-ring (bicyclic) bond motifs is 1. The number of benzene rings is 1. The van der Waals surface area contributed by atoms with Gasteiger partial charge in [0.2, 0.25) is 0 Å². The first-order chi connectivity index (χ1) is 17.7. The Morgan fingerprint density at radius 1 is 0.972 bits per heavy atom. The van der Waals surface area contributed by atoms with Crippen molar-refractivity contribution in [1.29, 1.82) is 0 Å². The molecule has 1 saturated heterocycles. The van der Waals surface area contributed by atoms with Gasteiger partial charge in [-0.1, -0.05) is 35.5 Å². The highest BCUT2D eigenvalue weighted by atomic mass is 16.4. The van der Waals surface area contributed by atoms with Crippen molar-refractivity contribution in [1.82, 2.24) is 29.9 Å². The molecule has 178 valence electrons. The number of rotatable bonds is 5. The van der Waals surface area contributed by atoms with Crippen LogP contribution in [0.3, 0.4) is 0 Å². The van der Waals surface area contributed by atoms with Gasteiger partial charge in [0, 0.05) is 18.1 Å². The predicted molar refractivity (Wildman–Crippen MR) is 133 cm³/mol. The summed E-state index contributed by atoms with van der Waals surface area (Å²) in [6, 6.07) is 20.1. The molecule has 0 radical (unpaired) electrons. The molecule has 0 aliphatic carbocycles. The molecule has 1 amide bonds. The van der Waals surface area contributed by atoms with Crippen molar-refractivity contribution in [3.8, 4) is 22.8 Å². The first-order valence-electron chi connectivity index (χ1n) is 11.8. The average molecular weight is 479 g/mol. The second kappa shape index (κ2) is 9.18. The summed E-state index contributed by atoms with van der Waals surface area (Å²) in [6.07, 6.45) is 5.23. The maximum absolute atomic E-state index is 13.3. The number of aromatic nitrogens is 5. The number of hydrogen-bond donors (Lipinski definition) is 0. The van der Waals surface area contributed by atoms with Crippen LogP contribution >= 0.6 is 0 Å². The van der Waals surface area contributed by atoms with Gasteiger partial charge in [-0.05, 0) is 49.2 Å². The van der Waals surface area contributed by atoms with Crippen molar-refractivity contribution >= 4 is 16.9 Å². The molecule has 0 saturated carbocycles. The second-order valence-corrected chi connectivity index (χ2v) is 8.73. The fourth-order valence-electron chi connectivity index (χ4n) is 4.61. The Morgan fingerprint density at radius 3 is 2.64 bits per heavy atom. The van der Waals surface area contributed by atoms with Crippen LogP contribution < -0.4 is 5.63 Å². The van der Waals surface area contributed by atoms with E-state index in [1.807, 2.05) is 54.7 Å². The zero-order valence-electron chi connectivity index (χ0n) is 19.3. The molecule has 1 atom stereocenters. The van der Waals surface area contributed by atoms with Crippen LogP contribution in [0.25, 0.3) is 33.7 Å². The number of nitrogens with zero attached hydrogens (tertiary/aromatic N) is 6. The number of para-hydroxylation sites is 1. The second-order valence-electron chi connectivity index (χ2n) is 8.73. The lowest BCUT2D eigenvalue weighted by Gasteiger charge is -2.24. The fourth-order valence-corrected chi connectivity index (χ4v) is 4.61. The van der Waals surface area contributed by atoms with E-state index in [9.17, 15) is 9.59 Å². The third-order valence-corrected chi connectivity index (χ3v) is 6.39. The Hall–Kier alpha value is -4.66. The Kier molecular flexibility index (Phi) is 5.57. The standard InChI is InChI=1S/C27H22N6O3/c34-26(20-15-18-7-1-2-12-25(18)36-27(20)35)33-14-6-8-19(33)16-32-17-24(30-31-32)23-11-5-10-22(29-23)21-9-3-4-13-28-21/h1-5,7,9-13,15,17,19H,6,8,14,16H2/t19-/m0/s1. The quantitative estimate of drug-likeness (QED) is 0.354. The highest BCUT2D eigenvalue weighted by Crippen LogP contribution is 2.24. The molecule has 5 aromatic rings. The van der Waals surface area contributed by atoms with Crippen LogP contribution in [0.5, 0.6) is 0 Å². The number of hydrogen-bond acceptors (Lipinski definition) is 7. The lowest BCUT2D eigenvalue weighted by molar-refractivity contribution is 0.0717. The summed E-state index contributed by atoms with van der Waals surface area (Å²) >= 11 is 0. The summed E-state index contributed by atoms with van der Waals surface area (Å²) in [5.41, 5.74) is 2.76. The molecule has 9 heteroatoms. The molecule has 0 unspecified atom stereocenters. The van der Waals surface area contributed by atoms with Crippen LogP contribution in [0.2, 0.25) is 0 Å². The van der Waals surface area contributed by atoms with Gasteiger partial charge in [0.1, 0.15) is 16.8 Å². The Morgan fingerprint density at radius 2 is 1.78 bits per heavy atom. The van der Waals surface area contributed by atoms with E-state index in [-0.39, 0.29) is 17.5 Å². The van der Waals surface area contributed by atoms with Crippen LogP contribution in [-0.4, -0.2) is 48.4 Å². The molecule has 0 N–H and O–H groups in total. The number of pyridine rings is 2. The van der Waals surface area contributed by atoms with E-state index >= 15 is 0 Å². The Bertz CT molecular complexity index is 1610. The van der Waals surface area contributed by atoms with Crippen molar-refractivity contribution in [2.75, 3.05) is 6.54 Å². The Labute approximate surface area is 206 Å². The number of amides is 1. The van der Waals surface area contributed by atoms with Gasteiger partial charge in [0.15, 0.2) is 0 Å². The third-order valence-electron chi connectivity index (χ3n) is 6.39. The first kappa shape index (κ1) is 21.8. The van der Waals surface area contributed by atoms with Crippen molar-refractivity contribution in [3.63, 3.8) is 0 Å².